The van der Waals surface area contributed by atoms with Crippen molar-refractivity contribution >= 4 is 50.4 Å². The second-order valence-electron chi connectivity index (χ2n) is 4.47. The van der Waals surface area contributed by atoms with Crippen LogP contribution in [0.5, 0.6) is 0 Å². The average molecular weight is 401 g/mol. The van der Waals surface area contributed by atoms with Crippen LogP contribution in [0.15, 0.2) is 0 Å². The second-order valence-corrected chi connectivity index (χ2v) is 5.58. The van der Waals surface area contributed by atoms with Crippen LogP contribution in [0, 0.1) is 0 Å². The number of ether oxygens (including phenoxy) is 1. The van der Waals surface area contributed by atoms with Crippen molar-refractivity contribution in [2.24, 2.45) is 0 Å². The maximum atomic E-state index is 5.76. The van der Waals surface area contributed by atoms with E-state index in [2.05, 4.69) is 9.88 Å². The molecule has 3 rings (SSSR count). The maximum absolute atomic E-state index is 5.76. The summed E-state index contributed by atoms with van der Waals surface area (Å²) < 4.78 is 5.39. The van der Waals surface area contributed by atoms with Gasteiger partial charge in [0.2, 0.25) is 0 Å². The molecule has 1 aromatic heterocycles. The summed E-state index contributed by atoms with van der Waals surface area (Å²) in [6, 6.07) is 0.677. The smallest absolute Gasteiger partial charge is 0.180 e. The molecule has 1 aliphatic carbocycles. The van der Waals surface area contributed by atoms with E-state index >= 15 is 0 Å². The predicted molar refractivity (Wildman–Crippen MR) is 85.4 cm³/mol. The van der Waals surface area contributed by atoms with Gasteiger partial charge in [-0.2, -0.15) is 0 Å². The number of hydrogen-bond donors (Lipinski definition) is 1. The summed E-state index contributed by atoms with van der Waals surface area (Å²) in [5.74, 6) is 0. The van der Waals surface area contributed by atoms with E-state index in [1.807, 2.05) is 0 Å². The van der Waals surface area contributed by atoms with Gasteiger partial charge in [-0.1, -0.05) is 0 Å². The van der Waals surface area contributed by atoms with Crippen molar-refractivity contribution in [2.45, 2.75) is 25.3 Å². The molecule has 2 heterocycles. The number of aromatic nitrogens is 1. The number of aryl methyl sites for hydroxylation is 1. The number of rotatable bonds is 1. The summed E-state index contributed by atoms with van der Waals surface area (Å²) >= 11 is 1.67. The summed E-state index contributed by atoms with van der Waals surface area (Å²) in [6.45, 7) is 3.92. The average Bonchev–Trinajstić information content (AvgIpc) is 2.69. The molecule has 1 aliphatic heterocycles. The molecule has 104 valence electrons. The fraction of sp³-hybridized carbons (Fsp3) is 0.727. The predicted octanol–water partition coefficient (Wildman–Crippen LogP) is 2.07. The Balaban J connectivity index is 0.000000810. The van der Waals surface area contributed by atoms with Crippen LogP contribution in [0.25, 0.3) is 0 Å². The highest BCUT2D eigenvalue weighted by atomic mass is 79.9. The van der Waals surface area contributed by atoms with Crippen molar-refractivity contribution in [3.8, 4) is 0 Å². The van der Waals surface area contributed by atoms with Crippen molar-refractivity contribution in [1.29, 1.82) is 0 Å². The minimum absolute atomic E-state index is 0. The van der Waals surface area contributed by atoms with Gasteiger partial charge in [-0.05, 0) is 19.3 Å². The van der Waals surface area contributed by atoms with Crippen LogP contribution in [0.4, 0.5) is 5.13 Å². The third-order valence-electron chi connectivity index (χ3n) is 3.49. The number of anilines is 1. The lowest BCUT2D eigenvalue weighted by atomic mass is 9.96. The number of nitrogen functional groups attached to an aromatic ring is 1. The highest BCUT2D eigenvalue weighted by Crippen LogP contribution is 2.30. The van der Waals surface area contributed by atoms with Gasteiger partial charge in [0.15, 0.2) is 5.13 Å². The van der Waals surface area contributed by atoms with E-state index in [0.717, 1.165) is 44.3 Å². The standard InChI is InChI=1S/C11H17N3OS.2BrH/c12-11-13-9-2-1-8(7-10(9)16-11)14-3-5-15-6-4-14;;/h8H,1-7H2,(H2,12,13);2*1H. The molecule has 7 heteroatoms. The van der Waals surface area contributed by atoms with Gasteiger partial charge < -0.3 is 10.5 Å². The number of halogens is 2. The minimum atomic E-state index is 0. The van der Waals surface area contributed by atoms with Crippen LogP contribution < -0.4 is 5.73 Å². The monoisotopic (exact) mass is 399 g/mol. The highest BCUT2D eigenvalue weighted by molar-refractivity contribution is 8.93. The van der Waals surface area contributed by atoms with Crippen molar-refractivity contribution in [3.05, 3.63) is 10.6 Å². The van der Waals surface area contributed by atoms with E-state index in [1.54, 1.807) is 11.3 Å². The van der Waals surface area contributed by atoms with Crippen LogP contribution in [0.1, 0.15) is 17.0 Å². The minimum Gasteiger partial charge on any atom is -0.379 e. The quantitative estimate of drug-likeness (QED) is 0.783. The van der Waals surface area contributed by atoms with Gasteiger partial charge >= 0.3 is 0 Å². The number of fused-ring (bicyclic) bond motifs is 1. The summed E-state index contributed by atoms with van der Waals surface area (Å²) in [5.41, 5.74) is 7.00. The Kier molecular flexibility index (Phi) is 6.54. The van der Waals surface area contributed by atoms with E-state index in [4.69, 9.17) is 10.5 Å². The molecular weight excluding hydrogens is 382 g/mol. The summed E-state index contributed by atoms with van der Waals surface area (Å²) in [7, 11) is 0. The van der Waals surface area contributed by atoms with E-state index in [1.165, 1.54) is 17.0 Å². The molecular formula is C11H19Br2N3OS. The maximum Gasteiger partial charge on any atom is 0.180 e. The zero-order valence-corrected chi connectivity index (χ0v) is 14.4. The van der Waals surface area contributed by atoms with Gasteiger partial charge in [-0.15, -0.1) is 45.3 Å². The Morgan fingerprint density at radius 3 is 2.72 bits per heavy atom. The molecule has 4 nitrogen and oxygen atoms in total. The lowest BCUT2D eigenvalue weighted by molar-refractivity contribution is 0.0139. The Labute approximate surface area is 132 Å². The van der Waals surface area contributed by atoms with Gasteiger partial charge in [-0.25, -0.2) is 4.98 Å². The zero-order valence-electron chi connectivity index (χ0n) is 10.1. The van der Waals surface area contributed by atoms with E-state index in [-0.39, 0.29) is 34.0 Å². The second kappa shape index (κ2) is 7.19. The molecule has 1 unspecified atom stereocenters. The first-order valence-electron chi connectivity index (χ1n) is 5.89. The number of morpholine rings is 1. The molecule has 0 radical (unpaired) electrons. The third-order valence-corrected chi connectivity index (χ3v) is 4.44. The van der Waals surface area contributed by atoms with Crippen molar-refractivity contribution in [2.75, 3.05) is 32.0 Å². The SMILES string of the molecule is Br.Br.Nc1nc2c(s1)CC(N1CCOCC1)CC2. The van der Waals surface area contributed by atoms with Crippen molar-refractivity contribution < 1.29 is 4.74 Å². The Morgan fingerprint density at radius 2 is 2.00 bits per heavy atom. The van der Waals surface area contributed by atoms with Crippen molar-refractivity contribution in [1.82, 2.24) is 9.88 Å². The normalized spacial score (nSPS) is 23.7. The molecule has 1 saturated heterocycles. The van der Waals surface area contributed by atoms with Crippen LogP contribution in [-0.4, -0.2) is 42.2 Å². The molecule has 0 amide bonds. The lowest BCUT2D eigenvalue weighted by Crippen LogP contribution is -2.45. The highest BCUT2D eigenvalue weighted by Gasteiger charge is 2.27. The van der Waals surface area contributed by atoms with Gasteiger partial charge in [0.05, 0.1) is 18.9 Å². The summed E-state index contributed by atoms with van der Waals surface area (Å²) in [4.78, 5) is 8.34. The molecule has 2 N–H and O–H groups in total. The van der Waals surface area contributed by atoms with Gasteiger partial charge in [0, 0.05) is 24.0 Å². The fourth-order valence-electron chi connectivity index (χ4n) is 2.63. The van der Waals surface area contributed by atoms with Gasteiger partial charge in [0.25, 0.3) is 0 Å². The molecule has 2 aliphatic rings. The Bertz CT molecular complexity index is 382. The van der Waals surface area contributed by atoms with Crippen LogP contribution in [0.3, 0.4) is 0 Å². The largest absolute Gasteiger partial charge is 0.379 e. The first-order chi connectivity index (χ1) is 7.83. The zero-order chi connectivity index (χ0) is 11.0. The summed E-state index contributed by atoms with van der Waals surface area (Å²) in [5, 5.41) is 0.729. The number of thiazole rings is 1. The van der Waals surface area contributed by atoms with Gasteiger partial charge in [-0.3, -0.25) is 4.90 Å². The van der Waals surface area contributed by atoms with E-state index < -0.39 is 0 Å². The van der Waals surface area contributed by atoms with E-state index in [0.29, 0.717) is 6.04 Å². The molecule has 0 aromatic carbocycles. The number of nitrogens with zero attached hydrogens (tertiary/aromatic N) is 2. The third kappa shape index (κ3) is 3.45. The molecule has 0 spiro atoms. The molecule has 0 bridgehead atoms. The Hall–Kier alpha value is 0.310. The first kappa shape index (κ1) is 16.4. The molecule has 18 heavy (non-hydrogen) atoms. The molecule has 0 saturated carbocycles. The van der Waals surface area contributed by atoms with E-state index in [9.17, 15) is 0 Å². The Morgan fingerprint density at radius 1 is 1.28 bits per heavy atom. The van der Waals surface area contributed by atoms with Crippen molar-refractivity contribution in [3.63, 3.8) is 0 Å². The topological polar surface area (TPSA) is 51.4 Å². The van der Waals surface area contributed by atoms with Crippen LogP contribution in [-0.2, 0) is 17.6 Å². The van der Waals surface area contributed by atoms with Crippen LogP contribution >= 0.6 is 45.3 Å². The molecule has 1 fully saturated rings. The van der Waals surface area contributed by atoms with Gasteiger partial charge in [0.1, 0.15) is 0 Å². The number of hydrogen-bond acceptors (Lipinski definition) is 5. The fourth-order valence-corrected chi connectivity index (χ4v) is 3.58. The number of nitrogens with two attached hydrogens (primary N) is 1. The first-order valence-corrected chi connectivity index (χ1v) is 6.70. The van der Waals surface area contributed by atoms with Crippen LogP contribution in [0.2, 0.25) is 0 Å². The molecule has 1 aromatic rings. The summed E-state index contributed by atoms with van der Waals surface area (Å²) in [6.07, 6.45) is 3.44. The molecule has 1 atom stereocenters. The lowest BCUT2D eigenvalue weighted by Gasteiger charge is -2.36.